The number of aryl methyl sites for hydroxylation is 2. The molecule has 1 N–H and O–H groups in total. The second-order valence-corrected chi connectivity index (χ2v) is 8.63. The maximum atomic E-state index is 12.9. The van der Waals surface area contributed by atoms with Gasteiger partial charge in [-0.1, -0.05) is 42.1 Å². The number of benzene rings is 1. The van der Waals surface area contributed by atoms with Crippen molar-refractivity contribution in [2.75, 3.05) is 0 Å². The van der Waals surface area contributed by atoms with Crippen LogP contribution in [0.5, 0.6) is 0 Å². The third-order valence-electron chi connectivity index (χ3n) is 4.42. The molecule has 0 saturated heterocycles. The first-order valence-corrected chi connectivity index (χ1v) is 10.1. The van der Waals surface area contributed by atoms with E-state index in [9.17, 15) is 4.79 Å². The maximum absolute atomic E-state index is 12.9. The van der Waals surface area contributed by atoms with Gasteiger partial charge in [-0.3, -0.25) is 4.79 Å². The van der Waals surface area contributed by atoms with Crippen molar-refractivity contribution in [3.05, 3.63) is 52.7 Å². The number of nitrogens with zero attached hydrogens (tertiary/aromatic N) is 2. The molecule has 3 aromatic rings. The molecule has 0 spiro atoms. The number of rotatable bonds is 5. The van der Waals surface area contributed by atoms with Crippen molar-refractivity contribution in [1.82, 2.24) is 15.3 Å². The number of thiophene rings is 1. The Balaban J connectivity index is 1.72. The number of thioether (sulfide) groups is 1. The van der Waals surface area contributed by atoms with Crippen molar-refractivity contribution in [2.24, 2.45) is 0 Å². The summed E-state index contributed by atoms with van der Waals surface area (Å²) in [5.41, 5.74) is 2.21. The molecule has 2 aromatic heterocycles. The minimum atomic E-state index is -0.306. The third-order valence-corrected chi connectivity index (χ3v) is 6.79. The maximum Gasteiger partial charge on any atom is 0.238 e. The Morgan fingerprint density at radius 1 is 1.24 bits per heavy atom. The zero-order chi connectivity index (χ0) is 17.4. The summed E-state index contributed by atoms with van der Waals surface area (Å²) in [6, 6.07) is 10.3. The molecule has 0 radical (unpaired) electrons. The van der Waals surface area contributed by atoms with Crippen LogP contribution in [0.3, 0.4) is 0 Å². The van der Waals surface area contributed by atoms with Gasteiger partial charge in [-0.2, -0.15) is 0 Å². The summed E-state index contributed by atoms with van der Waals surface area (Å²) < 4.78 is 0. The van der Waals surface area contributed by atoms with Gasteiger partial charge in [-0.05, 0) is 37.8 Å². The molecule has 4 nitrogen and oxygen atoms in total. The first-order valence-electron chi connectivity index (χ1n) is 8.36. The summed E-state index contributed by atoms with van der Waals surface area (Å²) in [5, 5.41) is 4.79. The highest BCUT2D eigenvalue weighted by Gasteiger charge is 2.30. The summed E-state index contributed by atoms with van der Waals surface area (Å²) in [4.78, 5) is 24.0. The normalized spacial score (nSPS) is 15.3. The van der Waals surface area contributed by atoms with Gasteiger partial charge >= 0.3 is 0 Å². The van der Waals surface area contributed by atoms with Gasteiger partial charge in [0.2, 0.25) is 5.91 Å². The van der Waals surface area contributed by atoms with Crippen LogP contribution >= 0.6 is 23.1 Å². The van der Waals surface area contributed by atoms with Crippen molar-refractivity contribution in [3.8, 4) is 0 Å². The van der Waals surface area contributed by atoms with E-state index in [-0.39, 0.29) is 11.2 Å². The molecule has 4 rings (SSSR count). The fourth-order valence-corrected chi connectivity index (χ4v) is 4.99. The van der Waals surface area contributed by atoms with Gasteiger partial charge in [0.05, 0.1) is 0 Å². The summed E-state index contributed by atoms with van der Waals surface area (Å²) in [6.07, 6.45) is 3.76. The van der Waals surface area contributed by atoms with Crippen LogP contribution in [0.15, 0.2) is 41.7 Å². The van der Waals surface area contributed by atoms with Crippen LogP contribution < -0.4 is 5.32 Å². The molecule has 0 bridgehead atoms. The van der Waals surface area contributed by atoms with Crippen molar-refractivity contribution in [2.45, 2.75) is 43.0 Å². The average molecular weight is 370 g/mol. The van der Waals surface area contributed by atoms with Crippen LogP contribution in [0.2, 0.25) is 0 Å². The van der Waals surface area contributed by atoms with Gasteiger partial charge in [0.15, 0.2) is 0 Å². The van der Waals surface area contributed by atoms with E-state index < -0.39 is 0 Å². The highest BCUT2D eigenvalue weighted by molar-refractivity contribution is 8.00. The Morgan fingerprint density at radius 2 is 2.00 bits per heavy atom. The molecule has 1 amide bonds. The molecule has 1 unspecified atom stereocenters. The number of carbonyl (C=O) groups is 1. The van der Waals surface area contributed by atoms with Gasteiger partial charge in [0, 0.05) is 16.3 Å². The van der Waals surface area contributed by atoms with Crippen molar-refractivity contribution < 1.29 is 4.79 Å². The molecule has 25 heavy (non-hydrogen) atoms. The highest BCUT2D eigenvalue weighted by Crippen LogP contribution is 2.41. The summed E-state index contributed by atoms with van der Waals surface area (Å²) in [7, 11) is 0. The predicted octanol–water partition coefficient (Wildman–Crippen LogP) is 4.42. The van der Waals surface area contributed by atoms with Crippen LogP contribution in [0.1, 0.15) is 34.1 Å². The Labute approximate surface area is 155 Å². The lowest BCUT2D eigenvalue weighted by Gasteiger charge is -2.17. The zero-order valence-corrected chi connectivity index (χ0v) is 15.8. The van der Waals surface area contributed by atoms with E-state index in [0.717, 1.165) is 33.6 Å². The quantitative estimate of drug-likeness (QED) is 0.534. The highest BCUT2D eigenvalue weighted by atomic mass is 32.2. The fraction of sp³-hybridized carbons (Fsp3) is 0.316. The van der Waals surface area contributed by atoms with E-state index >= 15 is 0 Å². The first-order chi connectivity index (χ1) is 12.1. The Hall–Kier alpha value is -1.92. The topological polar surface area (TPSA) is 54.9 Å². The Kier molecular flexibility index (Phi) is 4.48. The van der Waals surface area contributed by atoms with Crippen molar-refractivity contribution >= 4 is 39.2 Å². The second-order valence-electron chi connectivity index (χ2n) is 6.33. The van der Waals surface area contributed by atoms with E-state index in [1.165, 1.54) is 22.2 Å². The number of fused-ring (bicyclic) bond motifs is 1. The van der Waals surface area contributed by atoms with Gasteiger partial charge in [0.1, 0.15) is 21.4 Å². The minimum absolute atomic E-state index is 0.0649. The van der Waals surface area contributed by atoms with Gasteiger partial charge in [-0.15, -0.1) is 11.3 Å². The SMILES string of the molecule is Cc1sc2ncnc(SC(C(=O)NC3CC3)c3ccccc3)c2c1C. The largest absolute Gasteiger partial charge is 0.352 e. The molecule has 1 saturated carbocycles. The molecule has 1 aliphatic carbocycles. The molecule has 1 fully saturated rings. The van der Waals surface area contributed by atoms with Crippen molar-refractivity contribution in [3.63, 3.8) is 0 Å². The lowest BCUT2D eigenvalue weighted by atomic mass is 10.1. The summed E-state index contributed by atoms with van der Waals surface area (Å²) in [5.74, 6) is 0.0649. The summed E-state index contributed by atoms with van der Waals surface area (Å²) in [6.45, 7) is 4.20. The molecule has 1 aromatic carbocycles. The fourth-order valence-electron chi connectivity index (χ4n) is 2.76. The number of hydrogen-bond donors (Lipinski definition) is 1. The number of amides is 1. The minimum Gasteiger partial charge on any atom is -0.352 e. The van der Waals surface area contributed by atoms with E-state index in [0.29, 0.717) is 6.04 Å². The average Bonchev–Trinajstić information content (AvgIpc) is 3.38. The molecule has 2 heterocycles. The molecular formula is C19H19N3OS2. The van der Waals surface area contributed by atoms with E-state index in [2.05, 4.69) is 29.1 Å². The Morgan fingerprint density at radius 3 is 2.72 bits per heavy atom. The summed E-state index contributed by atoms with van der Waals surface area (Å²) >= 11 is 3.20. The lowest BCUT2D eigenvalue weighted by molar-refractivity contribution is -0.120. The van der Waals surface area contributed by atoms with E-state index in [1.54, 1.807) is 17.7 Å². The predicted molar refractivity (Wildman–Crippen MR) is 103 cm³/mol. The molecule has 1 atom stereocenters. The first kappa shape index (κ1) is 16.5. The number of nitrogens with one attached hydrogen (secondary N) is 1. The third kappa shape index (κ3) is 3.41. The molecule has 0 aliphatic heterocycles. The van der Waals surface area contributed by atoms with Crippen LogP contribution in [0.25, 0.3) is 10.2 Å². The standard InChI is InChI=1S/C19H19N3OS2/c1-11-12(2)24-18-15(11)19(21-10-20-18)25-16(13-6-4-3-5-7-13)17(23)22-14-8-9-14/h3-7,10,14,16H,8-9H2,1-2H3,(H,22,23). The van der Waals surface area contributed by atoms with Gasteiger partial charge in [-0.25, -0.2) is 9.97 Å². The number of aromatic nitrogens is 2. The van der Waals surface area contributed by atoms with Crippen LogP contribution in [-0.4, -0.2) is 21.9 Å². The lowest BCUT2D eigenvalue weighted by Crippen LogP contribution is -2.29. The number of hydrogen-bond acceptors (Lipinski definition) is 5. The molecular weight excluding hydrogens is 350 g/mol. The second kappa shape index (κ2) is 6.77. The van der Waals surface area contributed by atoms with Crippen molar-refractivity contribution in [1.29, 1.82) is 0 Å². The van der Waals surface area contributed by atoms with Crippen LogP contribution in [0.4, 0.5) is 0 Å². The van der Waals surface area contributed by atoms with E-state index in [1.807, 2.05) is 30.3 Å². The van der Waals surface area contributed by atoms with Crippen LogP contribution in [0, 0.1) is 13.8 Å². The smallest absolute Gasteiger partial charge is 0.238 e. The van der Waals surface area contributed by atoms with Crippen LogP contribution in [-0.2, 0) is 4.79 Å². The molecule has 1 aliphatic rings. The Bertz CT molecular complexity index is 919. The molecule has 6 heteroatoms. The monoisotopic (exact) mass is 369 g/mol. The zero-order valence-electron chi connectivity index (χ0n) is 14.2. The number of carbonyl (C=O) groups excluding carboxylic acids is 1. The van der Waals surface area contributed by atoms with Gasteiger partial charge < -0.3 is 5.32 Å². The van der Waals surface area contributed by atoms with Gasteiger partial charge in [0.25, 0.3) is 0 Å². The van der Waals surface area contributed by atoms with E-state index in [4.69, 9.17) is 0 Å². The molecule has 128 valence electrons.